The first-order valence-electron chi connectivity index (χ1n) is 9.65. The molecule has 0 atom stereocenters. The van der Waals surface area contributed by atoms with Gasteiger partial charge < -0.3 is 9.84 Å². The van der Waals surface area contributed by atoms with Gasteiger partial charge in [-0.05, 0) is 31.9 Å². The molecule has 0 spiro atoms. The van der Waals surface area contributed by atoms with Crippen LogP contribution in [0.15, 0.2) is 59.1 Å². The number of rotatable bonds is 5. The molecule has 3 aromatic rings. The summed E-state index contributed by atoms with van der Waals surface area (Å²) in [5.74, 6) is 1.25. The lowest BCUT2D eigenvalue weighted by Gasteiger charge is -2.31. The van der Waals surface area contributed by atoms with Gasteiger partial charge in [0.25, 0.3) is 5.91 Å². The predicted molar refractivity (Wildman–Crippen MR) is 107 cm³/mol. The molecule has 28 heavy (non-hydrogen) atoms. The molecular formula is C22H24N4O2. The zero-order valence-electron chi connectivity index (χ0n) is 16.0. The standard InChI is InChI=1S/C22H24N4O2/c1-16-7-9-17(10-8-16)21-24-20(28-25-21)15-26-13-11-19(12-14-26)23-22(27)18-5-3-2-4-6-18/h2-10,19H,11-15H2,1H3,(H,23,27). The minimum absolute atomic E-state index is 0.00121. The van der Waals surface area contributed by atoms with Gasteiger partial charge in [0.2, 0.25) is 11.7 Å². The average molecular weight is 376 g/mol. The van der Waals surface area contributed by atoms with E-state index in [9.17, 15) is 4.79 Å². The van der Waals surface area contributed by atoms with Crippen molar-refractivity contribution in [3.63, 3.8) is 0 Å². The van der Waals surface area contributed by atoms with Crippen molar-refractivity contribution in [1.82, 2.24) is 20.4 Å². The summed E-state index contributed by atoms with van der Waals surface area (Å²) in [6.07, 6.45) is 1.83. The van der Waals surface area contributed by atoms with Gasteiger partial charge in [-0.25, -0.2) is 0 Å². The van der Waals surface area contributed by atoms with Gasteiger partial charge in [-0.2, -0.15) is 4.98 Å². The van der Waals surface area contributed by atoms with Crippen LogP contribution in [0, 0.1) is 6.92 Å². The van der Waals surface area contributed by atoms with Crippen LogP contribution in [-0.4, -0.2) is 40.1 Å². The minimum atomic E-state index is -0.00121. The van der Waals surface area contributed by atoms with Crippen LogP contribution in [-0.2, 0) is 6.54 Å². The van der Waals surface area contributed by atoms with Crippen LogP contribution in [0.5, 0.6) is 0 Å². The van der Waals surface area contributed by atoms with E-state index < -0.39 is 0 Å². The molecule has 0 radical (unpaired) electrons. The van der Waals surface area contributed by atoms with Crippen LogP contribution < -0.4 is 5.32 Å². The molecule has 2 heterocycles. The Balaban J connectivity index is 1.28. The number of benzene rings is 2. The van der Waals surface area contributed by atoms with Crippen LogP contribution in [0.3, 0.4) is 0 Å². The molecule has 1 amide bonds. The van der Waals surface area contributed by atoms with E-state index in [0.29, 0.717) is 23.8 Å². The fourth-order valence-electron chi connectivity index (χ4n) is 3.42. The smallest absolute Gasteiger partial charge is 0.251 e. The molecule has 4 rings (SSSR count). The van der Waals surface area contributed by atoms with Gasteiger partial charge in [0, 0.05) is 30.3 Å². The highest BCUT2D eigenvalue weighted by Gasteiger charge is 2.22. The normalized spacial score (nSPS) is 15.5. The molecule has 0 unspecified atom stereocenters. The zero-order valence-corrected chi connectivity index (χ0v) is 16.0. The van der Waals surface area contributed by atoms with Gasteiger partial charge in [0.15, 0.2) is 0 Å². The van der Waals surface area contributed by atoms with Crippen LogP contribution in [0.4, 0.5) is 0 Å². The van der Waals surface area contributed by atoms with Crippen molar-refractivity contribution < 1.29 is 9.32 Å². The molecule has 144 valence electrons. The Morgan fingerprint density at radius 1 is 1.11 bits per heavy atom. The monoisotopic (exact) mass is 376 g/mol. The largest absolute Gasteiger partial charge is 0.349 e. The van der Waals surface area contributed by atoms with Gasteiger partial charge in [-0.1, -0.05) is 53.2 Å². The van der Waals surface area contributed by atoms with E-state index in [0.717, 1.165) is 31.5 Å². The topological polar surface area (TPSA) is 71.3 Å². The number of piperidine rings is 1. The van der Waals surface area contributed by atoms with Gasteiger partial charge in [-0.15, -0.1) is 0 Å². The maximum atomic E-state index is 12.3. The van der Waals surface area contributed by atoms with E-state index in [1.165, 1.54) is 5.56 Å². The van der Waals surface area contributed by atoms with Crippen molar-refractivity contribution in [3.8, 4) is 11.4 Å². The highest BCUT2D eigenvalue weighted by molar-refractivity contribution is 5.94. The molecule has 1 aliphatic heterocycles. The van der Waals surface area contributed by atoms with Crippen molar-refractivity contribution >= 4 is 5.91 Å². The van der Waals surface area contributed by atoms with Crippen molar-refractivity contribution in [3.05, 3.63) is 71.6 Å². The molecule has 0 saturated carbocycles. The van der Waals surface area contributed by atoms with Gasteiger partial charge in [-0.3, -0.25) is 9.69 Å². The Morgan fingerprint density at radius 3 is 2.54 bits per heavy atom. The third kappa shape index (κ3) is 4.46. The number of nitrogens with zero attached hydrogens (tertiary/aromatic N) is 3. The van der Waals surface area contributed by atoms with E-state index >= 15 is 0 Å². The van der Waals surface area contributed by atoms with Crippen molar-refractivity contribution in [1.29, 1.82) is 0 Å². The second kappa shape index (κ2) is 8.35. The fraction of sp³-hybridized carbons (Fsp3) is 0.318. The average Bonchev–Trinajstić information content (AvgIpc) is 3.19. The van der Waals surface area contributed by atoms with E-state index in [1.807, 2.05) is 54.6 Å². The van der Waals surface area contributed by atoms with E-state index in [2.05, 4.69) is 27.3 Å². The van der Waals surface area contributed by atoms with Gasteiger partial charge in [0.1, 0.15) is 0 Å². The van der Waals surface area contributed by atoms with Crippen LogP contribution >= 0.6 is 0 Å². The summed E-state index contributed by atoms with van der Waals surface area (Å²) in [6.45, 7) is 4.47. The first kappa shape index (κ1) is 18.4. The summed E-state index contributed by atoms with van der Waals surface area (Å²) in [7, 11) is 0. The number of hydrogen-bond donors (Lipinski definition) is 1. The predicted octanol–water partition coefficient (Wildman–Crippen LogP) is 3.44. The Kier molecular flexibility index (Phi) is 5.48. The number of aromatic nitrogens is 2. The highest BCUT2D eigenvalue weighted by atomic mass is 16.5. The van der Waals surface area contributed by atoms with E-state index in [4.69, 9.17) is 4.52 Å². The Bertz CT molecular complexity index is 913. The molecule has 1 fully saturated rings. The Labute approximate surface area is 164 Å². The second-order valence-electron chi connectivity index (χ2n) is 7.27. The van der Waals surface area contributed by atoms with Gasteiger partial charge >= 0.3 is 0 Å². The SMILES string of the molecule is Cc1ccc(-c2noc(CN3CCC(NC(=O)c4ccccc4)CC3)n2)cc1. The van der Waals surface area contributed by atoms with Crippen molar-refractivity contribution in [2.75, 3.05) is 13.1 Å². The number of aryl methyl sites for hydroxylation is 1. The molecule has 1 saturated heterocycles. The number of amides is 1. The highest BCUT2D eigenvalue weighted by Crippen LogP contribution is 2.18. The molecule has 6 nitrogen and oxygen atoms in total. The summed E-state index contributed by atoms with van der Waals surface area (Å²) >= 11 is 0. The molecular weight excluding hydrogens is 352 g/mol. The molecule has 1 N–H and O–H groups in total. The van der Waals surface area contributed by atoms with E-state index in [1.54, 1.807) is 0 Å². The van der Waals surface area contributed by atoms with Crippen LogP contribution in [0.25, 0.3) is 11.4 Å². The summed E-state index contributed by atoms with van der Waals surface area (Å²) in [6, 6.07) is 17.7. The second-order valence-corrected chi connectivity index (χ2v) is 7.27. The lowest BCUT2D eigenvalue weighted by atomic mass is 10.0. The number of carbonyl (C=O) groups excluding carboxylic acids is 1. The first-order chi connectivity index (χ1) is 13.7. The summed E-state index contributed by atoms with van der Waals surface area (Å²) in [4.78, 5) is 19.1. The summed E-state index contributed by atoms with van der Waals surface area (Å²) in [5, 5.41) is 7.23. The lowest BCUT2D eigenvalue weighted by Crippen LogP contribution is -2.44. The molecule has 0 bridgehead atoms. The van der Waals surface area contributed by atoms with E-state index in [-0.39, 0.29) is 11.9 Å². The quantitative estimate of drug-likeness (QED) is 0.739. The molecule has 2 aromatic carbocycles. The van der Waals surface area contributed by atoms with Crippen molar-refractivity contribution in [2.45, 2.75) is 32.4 Å². The lowest BCUT2D eigenvalue weighted by molar-refractivity contribution is 0.0904. The maximum absolute atomic E-state index is 12.3. The summed E-state index contributed by atoms with van der Waals surface area (Å²) < 4.78 is 5.43. The molecule has 0 aliphatic carbocycles. The zero-order chi connectivity index (χ0) is 19.3. The third-order valence-electron chi connectivity index (χ3n) is 5.10. The molecule has 1 aliphatic rings. The number of carbonyl (C=O) groups is 1. The third-order valence-corrected chi connectivity index (χ3v) is 5.10. The van der Waals surface area contributed by atoms with Gasteiger partial charge in [0.05, 0.1) is 6.54 Å². The minimum Gasteiger partial charge on any atom is -0.349 e. The van der Waals surface area contributed by atoms with Crippen LogP contribution in [0.2, 0.25) is 0 Å². The molecule has 6 heteroatoms. The summed E-state index contributed by atoms with van der Waals surface area (Å²) in [5.41, 5.74) is 2.87. The van der Waals surface area contributed by atoms with Crippen LogP contribution in [0.1, 0.15) is 34.7 Å². The fourth-order valence-corrected chi connectivity index (χ4v) is 3.42. The number of hydrogen-bond acceptors (Lipinski definition) is 5. The van der Waals surface area contributed by atoms with Crippen molar-refractivity contribution in [2.24, 2.45) is 0 Å². The Hall–Kier alpha value is -2.99. The molecule has 1 aromatic heterocycles. The first-order valence-corrected chi connectivity index (χ1v) is 9.65. The Morgan fingerprint density at radius 2 is 1.82 bits per heavy atom. The number of likely N-dealkylation sites (tertiary alicyclic amines) is 1. The maximum Gasteiger partial charge on any atom is 0.251 e. The number of nitrogens with one attached hydrogen (secondary N) is 1.